The van der Waals surface area contributed by atoms with Crippen LogP contribution in [0.4, 0.5) is 23.7 Å². The molecule has 0 radical (unpaired) electrons. The Morgan fingerprint density at radius 3 is 2.32 bits per heavy atom. The number of nitrogens with zero attached hydrogens (tertiary/aromatic N) is 2. The third-order valence-electron chi connectivity index (χ3n) is 3.87. The highest BCUT2D eigenvalue weighted by Gasteiger charge is 2.34. The number of methoxy groups -OCH3 is 1. The molecule has 1 heterocycles. The van der Waals surface area contributed by atoms with Gasteiger partial charge in [0.2, 0.25) is 5.91 Å². The van der Waals surface area contributed by atoms with E-state index in [9.17, 15) is 22.8 Å². The molecule has 1 aromatic rings. The number of rotatable bonds is 3. The second kappa shape index (κ2) is 7.62. The average Bonchev–Trinajstić information content (AvgIpc) is 2.53. The van der Waals surface area contributed by atoms with Crippen molar-refractivity contribution in [1.82, 2.24) is 9.80 Å². The number of anilines is 1. The van der Waals surface area contributed by atoms with Gasteiger partial charge in [-0.2, -0.15) is 13.2 Å². The van der Waals surface area contributed by atoms with Crippen molar-refractivity contribution in [3.05, 3.63) is 23.8 Å². The van der Waals surface area contributed by atoms with Gasteiger partial charge < -0.3 is 19.9 Å². The summed E-state index contributed by atoms with van der Waals surface area (Å²) >= 11 is 0. The predicted molar refractivity (Wildman–Crippen MR) is 85.6 cm³/mol. The molecule has 0 atom stereocenters. The van der Waals surface area contributed by atoms with E-state index in [4.69, 9.17) is 4.74 Å². The van der Waals surface area contributed by atoms with E-state index < -0.39 is 18.5 Å². The van der Waals surface area contributed by atoms with Crippen molar-refractivity contribution in [1.29, 1.82) is 0 Å². The molecule has 25 heavy (non-hydrogen) atoms. The van der Waals surface area contributed by atoms with E-state index in [1.807, 2.05) is 13.0 Å². The van der Waals surface area contributed by atoms with Gasteiger partial charge in [-0.1, -0.05) is 6.07 Å². The molecule has 1 fully saturated rings. The van der Waals surface area contributed by atoms with Gasteiger partial charge in [-0.05, 0) is 24.6 Å². The largest absolute Gasteiger partial charge is 0.495 e. The maximum Gasteiger partial charge on any atom is 0.397 e. The molecule has 6 nitrogen and oxygen atoms in total. The molecule has 1 N–H and O–H groups in total. The summed E-state index contributed by atoms with van der Waals surface area (Å²) in [6.45, 7) is 2.37. The highest BCUT2D eigenvalue weighted by molar-refractivity contribution is 5.91. The van der Waals surface area contributed by atoms with Crippen LogP contribution in [0.3, 0.4) is 0 Å². The molecule has 0 saturated carbocycles. The van der Waals surface area contributed by atoms with Crippen LogP contribution >= 0.6 is 0 Å². The first-order valence-corrected chi connectivity index (χ1v) is 7.74. The molecule has 1 saturated heterocycles. The summed E-state index contributed by atoms with van der Waals surface area (Å²) in [5.74, 6) is -0.453. The second-order valence-electron chi connectivity index (χ2n) is 5.79. The van der Waals surface area contributed by atoms with Gasteiger partial charge >= 0.3 is 12.2 Å². The quantitative estimate of drug-likeness (QED) is 0.903. The molecule has 0 aliphatic carbocycles. The number of halogens is 3. The molecular formula is C16H20F3N3O3. The maximum absolute atomic E-state index is 12.3. The van der Waals surface area contributed by atoms with Gasteiger partial charge in [-0.3, -0.25) is 4.79 Å². The smallest absolute Gasteiger partial charge is 0.397 e. The minimum atomic E-state index is -4.52. The van der Waals surface area contributed by atoms with Crippen LogP contribution in [0, 0.1) is 6.92 Å². The molecule has 2 rings (SSSR count). The number of piperazine rings is 1. The Labute approximate surface area is 143 Å². The van der Waals surface area contributed by atoms with E-state index in [0.29, 0.717) is 11.4 Å². The lowest BCUT2D eigenvalue weighted by atomic mass is 10.2. The van der Waals surface area contributed by atoms with E-state index in [0.717, 1.165) is 10.5 Å². The van der Waals surface area contributed by atoms with E-state index in [-0.39, 0.29) is 32.2 Å². The Bertz CT molecular complexity index is 641. The average molecular weight is 359 g/mol. The number of hydrogen-bond donors (Lipinski definition) is 1. The van der Waals surface area contributed by atoms with Crippen molar-refractivity contribution in [2.75, 3.05) is 38.6 Å². The van der Waals surface area contributed by atoms with Crippen LogP contribution in [-0.4, -0.2) is 61.2 Å². The number of aryl methyl sites for hydroxylation is 1. The molecule has 0 aromatic heterocycles. The molecule has 0 spiro atoms. The first-order valence-electron chi connectivity index (χ1n) is 7.74. The van der Waals surface area contributed by atoms with Crippen LogP contribution in [0.2, 0.25) is 0 Å². The minimum absolute atomic E-state index is 0.0767. The predicted octanol–water partition coefficient (Wildman–Crippen LogP) is 2.63. The van der Waals surface area contributed by atoms with Gasteiger partial charge in [-0.15, -0.1) is 0 Å². The first-order chi connectivity index (χ1) is 11.7. The fraction of sp³-hybridized carbons (Fsp3) is 0.500. The lowest BCUT2D eigenvalue weighted by molar-refractivity contribution is -0.162. The van der Waals surface area contributed by atoms with Gasteiger partial charge in [0.25, 0.3) is 0 Å². The number of amides is 3. The number of alkyl halides is 3. The SMILES string of the molecule is COc1ccc(C)cc1NC(=O)N1CCN(C(=O)CC(F)(F)F)CC1. The fourth-order valence-corrected chi connectivity index (χ4v) is 2.56. The Hall–Kier alpha value is -2.45. The summed E-state index contributed by atoms with van der Waals surface area (Å²) in [5, 5.41) is 2.73. The van der Waals surface area contributed by atoms with Crippen LogP contribution in [0.1, 0.15) is 12.0 Å². The van der Waals surface area contributed by atoms with E-state index in [1.54, 1.807) is 12.1 Å². The van der Waals surface area contributed by atoms with Gasteiger partial charge in [-0.25, -0.2) is 4.79 Å². The van der Waals surface area contributed by atoms with E-state index in [2.05, 4.69) is 5.32 Å². The monoisotopic (exact) mass is 359 g/mol. The van der Waals surface area contributed by atoms with Gasteiger partial charge in [0.15, 0.2) is 0 Å². The lowest BCUT2D eigenvalue weighted by Crippen LogP contribution is -2.52. The molecule has 138 valence electrons. The molecule has 0 unspecified atom stereocenters. The number of carbonyl (C=O) groups is 2. The first kappa shape index (κ1) is 18.9. The molecule has 1 aliphatic heterocycles. The zero-order valence-electron chi connectivity index (χ0n) is 14.0. The number of carbonyl (C=O) groups excluding carboxylic acids is 2. The van der Waals surface area contributed by atoms with Gasteiger partial charge in [0, 0.05) is 26.2 Å². The van der Waals surface area contributed by atoms with Crippen molar-refractivity contribution in [2.24, 2.45) is 0 Å². The maximum atomic E-state index is 12.3. The molecular weight excluding hydrogens is 339 g/mol. The summed E-state index contributed by atoms with van der Waals surface area (Å²) in [6.07, 6.45) is -5.99. The number of benzene rings is 1. The van der Waals surface area contributed by atoms with Crippen LogP contribution in [0.5, 0.6) is 5.75 Å². The molecule has 0 bridgehead atoms. The summed E-state index contributed by atoms with van der Waals surface area (Å²) in [5.41, 5.74) is 1.46. The molecule has 1 aromatic carbocycles. The zero-order chi connectivity index (χ0) is 18.6. The third-order valence-corrected chi connectivity index (χ3v) is 3.87. The second-order valence-corrected chi connectivity index (χ2v) is 5.79. The highest BCUT2D eigenvalue weighted by Crippen LogP contribution is 2.26. The normalized spacial score (nSPS) is 15.1. The van der Waals surface area contributed by atoms with Crippen LogP contribution in [0.15, 0.2) is 18.2 Å². The number of urea groups is 1. The Balaban J connectivity index is 1.91. The fourth-order valence-electron chi connectivity index (χ4n) is 2.56. The van der Waals surface area contributed by atoms with Crippen molar-refractivity contribution in [3.63, 3.8) is 0 Å². The summed E-state index contributed by atoms with van der Waals surface area (Å²) in [6, 6.07) is 4.96. The topological polar surface area (TPSA) is 61.9 Å². The van der Waals surface area contributed by atoms with Gasteiger partial charge in [0.05, 0.1) is 12.8 Å². The Morgan fingerprint density at radius 2 is 1.76 bits per heavy atom. The van der Waals surface area contributed by atoms with Crippen molar-refractivity contribution in [2.45, 2.75) is 19.5 Å². The van der Waals surface area contributed by atoms with Crippen LogP contribution < -0.4 is 10.1 Å². The van der Waals surface area contributed by atoms with E-state index >= 15 is 0 Å². The Morgan fingerprint density at radius 1 is 1.16 bits per heavy atom. The lowest BCUT2D eigenvalue weighted by Gasteiger charge is -2.35. The minimum Gasteiger partial charge on any atom is -0.495 e. The summed E-state index contributed by atoms with van der Waals surface area (Å²) < 4.78 is 42.0. The molecule has 3 amide bonds. The van der Waals surface area contributed by atoms with Crippen molar-refractivity contribution >= 4 is 17.6 Å². The standard InChI is InChI=1S/C16H20F3N3O3/c1-11-3-4-13(25-2)12(9-11)20-15(24)22-7-5-21(6-8-22)14(23)10-16(17,18)19/h3-4,9H,5-8,10H2,1-2H3,(H,20,24). The third kappa shape index (κ3) is 5.27. The number of nitrogens with one attached hydrogen (secondary N) is 1. The van der Waals surface area contributed by atoms with Gasteiger partial charge in [0.1, 0.15) is 12.2 Å². The molecule has 9 heteroatoms. The summed E-state index contributed by atoms with van der Waals surface area (Å²) in [4.78, 5) is 26.5. The van der Waals surface area contributed by atoms with E-state index in [1.165, 1.54) is 12.0 Å². The summed E-state index contributed by atoms with van der Waals surface area (Å²) in [7, 11) is 1.49. The molecule has 1 aliphatic rings. The number of ether oxygens (including phenoxy) is 1. The van der Waals surface area contributed by atoms with Crippen LogP contribution in [-0.2, 0) is 4.79 Å². The van der Waals surface area contributed by atoms with Crippen molar-refractivity contribution in [3.8, 4) is 5.75 Å². The highest BCUT2D eigenvalue weighted by atomic mass is 19.4. The zero-order valence-corrected chi connectivity index (χ0v) is 14.0. The Kier molecular flexibility index (Phi) is 5.76. The van der Waals surface area contributed by atoms with Crippen molar-refractivity contribution < 1.29 is 27.5 Å². The van der Waals surface area contributed by atoms with Crippen LogP contribution in [0.25, 0.3) is 0 Å². The number of hydrogen-bond acceptors (Lipinski definition) is 3.